The van der Waals surface area contributed by atoms with Crippen molar-refractivity contribution in [2.75, 3.05) is 32.6 Å². The lowest BCUT2D eigenvalue weighted by molar-refractivity contribution is -0.175. The topological polar surface area (TPSA) is 80.1 Å². The van der Waals surface area contributed by atoms with Crippen molar-refractivity contribution < 1.29 is 14.4 Å². The highest BCUT2D eigenvalue weighted by molar-refractivity contribution is 5.83. The van der Waals surface area contributed by atoms with Gasteiger partial charge in [0, 0.05) is 49.4 Å². The highest BCUT2D eigenvalue weighted by Crippen LogP contribution is 2.61. The normalized spacial score (nSPS) is 26.9. The van der Waals surface area contributed by atoms with Gasteiger partial charge in [0.15, 0.2) is 0 Å². The number of anilines is 1. The van der Waals surface area contributed by atoms with Gasteiger partial charge in [0.05, 0.1) is 19.8 Å². The molecule has 51 heavy (non-hydrogen) atoms. The van der Waals surface area contributed by atoms with Gasteiger partial charge < -0.3 is 20.7 Å². The molecule has 2 bridgehead atoms. The minimum Gasteiger partial charge on any atom is -0.496 e. The van der Waals surface area contributed by atoms with Crippen molar-refractivity contribution in [1.82, 2.24) is 10.4 Å². The molecule has 1 amide bonds. The van der Waals surface area contributed by atoms with Crippen LogP contribution in [0.25, 0.3) is 11.1 Å². The summed E-state index contributed by atoms with van der Waals surface area (Å²) in [7, 11) is 5.94. The number of ether oxygens (including phenoxy) is 1. The van der Waals surface area contributed by atoms with E-state index in [-0.39, 0.29) is 29.9 Å². The van der Waals surface area contributed by atoms with Crippen molar-refractivity contribution >= 4 is 11.6 Å². The van der Waals surface area contributed by atoms with E-state index in [1.54, 1.807) is 7.11 Å². The van der Waals surface area contributed by atoms with Crippen molar-refractivity contribution in [2.45, 2.75) is 97.9 Å². The van der Waals surface area contributed by atoms with E-state index in [4.69, 9.17) is 15.3 Å². The average Bonchev–Trinajstić information content (AvgIpc) is 3.49. The van der Waals surface area contributed by atoms with E-state index in [0.717, 1.165) is 54.5 Å². The summed E-state index contributed by atoms with van der Waals surface area (Å²) in [4.78, 5) is 23.1. The minimum absolute atomic E-state index is 0.0183. The van der Waals surface area contributed by atoms with Crippen LogP contribution >= 0.6 is 0 Å². The molecule has 0 radical (unpaired) electrons. The Kier molecular flexibility index (Phi) is 11.5. The van der Waals surface area contributed by atoms with Crippen LogP contribution in [0.3, 0.4) is 0 Å². The molecule has 4 fully saturated rings. The third kappa shape index (κ3) is 7.72. The number of methoxy groups -OCH3 is 1. The SMILES string of the molecule is COc1c(CN2O[C@@H](CN)[C@@H](C(C)C)[C@H]2C(=O)N[C@H]2C[C@@H]3C[C@H]([C@@H]2C)C3(C)C)cccc1-c1cc(CCCCc2ccccc2)cc(N(C)C)c1. The first-order valence-electron chi connectivity index (χ1n) is 19.4. The molecule has 7 heteroatoms. The number of fused-ring (bicyclic) bond motifs is 2. The standard InChI is InChI=1S/C44H62N4O3/c1-28(2)40-39(26-45)51-48(41(40)43(49)46-38-25-34-24-37(29(38)3)44(34,4)5)27-32-19-14-20-36(42(32)50-8)33-21-31(22-35(23-33)47(6)7)18-13-12-17-30-15-10-9-11-16-30/h9-11,14-16,19-23,28-29,34,37-41H,12-13,17-18,24-27,45H2,1-8H3,(H,46,49)/t29-,34-,37+,38-,39-,40+,41-/m0/s1. The van der Waals surface area contributed by atoms with E-state index in [0.29, 0.717) is 36.3 Å². The molecule has 0 unspecified atom stereocenters. The summed E-state index contributed by atoms with van der Waals surface area (Å²) < 4.78 is 6.20. The lowest BCUT2D eigenvalue weighted by Crippen LogP contribution is -2.62. The molecule has 276 valence electrons. The molecular weight excluding hydrogens is 633 g/mol. The molecule has 3 aliphatic carbocycles. The Labute approximate surface area is 307 Å². The van der Waals surface area contributed by atoms with Gasteiger partial charge in [-0.05, 0) is 96.4 Å². The van der Waals surface area contributed by atoms with E-state index in [1.165, 1.54) is 23.2 Å². The van der Waals surface area contributed by atoms with Crippen LogP contribution in [0.4, 0.5) is 5.69 Å². The van der Waals surface area contributed by atoms with Crippen LogP contribution in [0.1, 0.15) is 77.0 Å². The number of para-hydroxylation sites is 1. The highest BCUT2D eigenvalue weighted by atomic mass is 16.7. The van der Waals surface area contributed by atoms with Gasteiger partial charge in [0.25, 0.3) is 0 Å². The van der Waals surface area contributed by atoms with E-state index in [1.807, 2.05) is 5.06 Å². The van der Waals surface area contributed by atoms with Crippen molar-refractivity contribution in [1.29, 1.82) is 0 Å². The van der Waals surface area contributed by atoms with Crippen molar-refractivity contribution in [3.05, 3.63) is 83.4 Å². The number of nitrogens with zero attached hydrogens (tertiary/aromatic N) is 2. The van der Waals surface area contributed by atoms with Gasteiger partial charge >= 0.3 is 0 Å². The van der Waals surface area contributed by atoms with Gasteiger partial charge in [-0.25, -0.2) is 0 Å². The first-order chi connectivity index (χ1) is 24.4. The zero-order chi connectivity index (χ0) is 36.4. The number of nitrogens with one attached hydrogen (secondary N) is 1. The number of hydrogen-bond acceptors (Lipinski definition) is 6. The predicted molar refractivity (Wildman–Crippen MR) is 209 cm³/mol. The van der Waals surface area contributed by atoms with Gasteiger partial charge in [-0.2, -0.15) is 5.06 Å². The number of carbonyl (C=O) groups is 1. The van der Waals surface area contributed by atoms with Crippen LogP contribution in [0.15, 0.2) is 66.7 Å². The third-order valence-electron chi connectivity index (χ3n) is 12.8. The Morgan fingerprint density at radius 1 is 1.02 bits per heavy atom. The van der Waals surface area contributed by atoms with Gasteiger partial charge in [-0.1, -0.05) is 89.2 Å². The molecule has 1 aliphatic heterocycles. The zero-order valence-electron chi connectivity index (χ0n) is 32.3. The summed E-state index contributed by atoms with van der Waals surface area (Å²) in [5.41, 5.74) is 13.7. The monoisotopic (exact) mass is 694 g/mol. The molecule has 1 heterocycles. The minimum atomic E-state index is -0.440. The van der Waals surface area contributed by atoms with Gasteiger partial charge in [0.1, 0.15) is 11.8 Å². The Bertz CT molecular complexity index is 1640. The summed E-state index contributed by atoms with van der Waals surface area (Å²) in [5, 5.41) is 5.44. The van der Waals surface area contributed by atoms with E-state index < -0.39 is 6.04 Å². The summed E-state index contributed by atoms with van der Waals surface area (Å²) in [5.74, 6) is 2.86. The number of hydroxylamine groups is 2. The van der Waals surface area contributed by atoms with Crippen LogP contribution in [0.5, 0.6) is 5.75 Å². The molecule has 3 N–H and O–H groups in total. The first kappa shape index (κ1) is 37.4. The molecule has 7 rings (SSSR count). The highest BCUT2D eigenvalue weighted by Gasteiger charge is 2.57. The van der Waals surface area contributed by atoms with Crippen LogP contribution in [0, 0.1) is 35.0 Å². The van der Waals surface area contributed by atoms with Crippen LogP contribution in [-0.2, 0) is 29.0 Å². The first-order valence-corrected chi connectivity index (χ1v) is 19.4. The van der Waals surface area contributed by atoms with E-state index in [9.17, 15) is 4.79 Å². The van der Waals surface area contributed by atoms with E-state index in [2.05, 4.69) is 126 Å². The summed E-state index contributed by atoms with van der Waals surface area (Å²) >= 11 is 0. The molecule has 1 saturated heterocycles. The number of aryl methyl sites for hydroxylation is 2. The fraction of sp³-hybridized carbons (Fsp3) is 0.568. The summed E-state index contributed by atoms with van der Waals surface area (Å²) in [6, 6.07) is 23.7. The molecule has 4 aliphatic rings. The van der Waals surface area contributed by atoms with E-state index >= 15 is 0 Å². The van der Waals surface area contributed by atoms with Crippen LogP contribution < -0.4 is 20.7 Å². The van der Waals surface area contributed by atoms with Crippen LogP contribution in [0.2, 0.25) is 0 Å². The average molecular weight is 695 g/mol. The smallest absolute Gasteiger partial charge is 0.240 e. The fourth-order valence-electron chi connectivity index (χ4n) is 9.63. The Balaban J connectivity index is 1.24. The number of nitrogens with two attached hydrogens (primary N) is 1. The molecule has 7 atom stereocenters. The number of carbonyl (C=O) groups excluding carboxylic acids is 1. The molecule has 3 aromatic carbocycles. The molecule has 3 saturated carbocycles. The second-order valence-electron chi connectivity index (χ2n) is 16.8. The van der Waals surface area contributed by atoms with Gasteiger partial charge in [-0.15, -0.1) is 0 Å². The number of hydrogen-bond donors (Lipinski definition) is 2. The maximum absolute atomic E-state index is 14.4. The fourth-order valence-corrected chi connectivity index (χ4v) is 9.63. The van der Waals surface area contributed by atoms with Crippen molar-refractivity contribution in [2.24, 2.45) is 40.7 Å². The Morgan fingerprint density at radius 3 is 2.37 bits per heavy atom. The molecule has 7 nitrogen and oxygen atoms in total. The van der Waals surface area contributed by atoms with Crippen molar-refractivity contribution in [3.63, 3.8) is 0 Å². The number of rotatable bonds is 14. The second-order valence-corrected chi connectivity index (χ2v) is 16.8. The van der Waals surface area contributed by atoms with Crippen LogP contribution in [-0.4, -0.2) is 56.9 Å². The van der Waals surface area contributed by atoms with Gasteiger partial charge in [-0.3, -0.25) is 9.63 Å². The predicted octanol–water partition coefficient (Wildman–Crippen LogP) is 7.90. The summed E-state index contributed by atoms with van der Waals surface area (Å²) in [6.07, 6.45) is 6.48. The Morgan fingerprint density at radius 2 is 1.75 bits per heavy atom. The molecule has 3 aromatic rings. The van der Waals surface area contributed by atoms with Gasteiger partial charge in [0.2, 0.25) is 5.91 Å². The lowest BCUT2D eigenvalue weighted by atomic mass is 9.45. The third-order valence-corrected chi connectivity index (χ3v) is 12.8. The molecule has 0 aromatic heterocycles. The number of benzene rings is 3. The maximum atomic E-state index is 14.4. The zero-order valence-corrected chi connectivity index (χ0v) is 32.3. The quantitative estimate of drug-likeness (QED) is 0.167. The summed E-state index contributed by atoms with van der Waals surface area (Å²) in [6.45, 7) is 12.3. The number of unbranched alkanes of at least 4 members (excludes halogenated alkanes) is 1. The number of amides is 1. The molecular formula is C44H62N4O3. The second kappa shape index (κ2) is 15.7. The molecule has 0 spiro atoms. The largest absolute Gasteiger partial charge is 0.496 e. The maximum Gasteiger partial charge on any atom is 0.240 e. The van der Waals surface area contributed by atoms with Crippen molar-refractivity contribution in [3.8, 4) is 16.9 Å². The lowest BCUT2D eigenvalue weighted by Gasteiger charge is -2.62. The Hall–Kier alpha value is -3.39.